The summed E-state index contributed by atoms with van der Waals surface area (Å²) >= 11 is 0. The molecule has 0 aromatic carbocycles. The molecule has 0 radical (unpaired) electrons. The Labute approximate surface area is 180 Å². The van der Waals surface area contributed by atoms with Crippen LogP contribution in [0.2, 0.25) is 0 Å². The molecule has 0 aliphatic carbocycles. The lowest BCUT2D eigenvalue weighted by molar-refractivity contribution is -0.125. The van der Waals surface area contributed by atoms with Crippen molar-refractivity contribution >= 4 is 18.1 Å². The molecule has 30 heavy (non-hydrogen) atoms. The van der Waals surface area contributed by atoms with Gasteiger partial charge in [0, 0.05) is 32.6 Å². The largest absolute Gasteiger partial charge is 0.379 e. The number of allylic oxidation sites excluding steroid dienone is 1. The fourth-order valence-corrected chi connectivity index (χ4v) is 2.18. The van der Waals surface area contributed by atoms with Gasteiger partial charge in [-0.15, -0.1) is 0 Å². The van der Waals surface area contributed by atoms with Gasteiger partial charge in [-0.05, 0) is 12.5 Å². The number of nitrogens with zero attached hydrogens (tertiary/aromatic N) is 1. The standard InChI is InChI=1S/C21H38N2O7/c1-3-4-5-9-22-20(25)8-12-27-14-16-29-18-19-30-17-15-28-13-10-23(2)21(26)7-6-11-24/h6-7,11H,3-5,8-10,12-19H2,1-2H3,(H,22,25)/b7-6-. The van der Waals surface area contributed by atoms with Crippen molar-refractivity contribution in [3.8, 4) is 0 Å². The highest BCUT2D eigenvalue weighted by Gasteiger charge is 2.03. The van der Waals surface area contributed by atoms with Crippen LogP contribution in [0.5, 0.6) is 0 Å². The number of carbonyl (C=O) groups excluding carboxylic acids is 3. The van der Waals surface area contributed by atoms with E-state index in [1.54, 1.807) is 7.05 Å². The van der Waals surface area contributed by atoms with Gasteiger partial charge >= 0.3 is 0 Å². The number of hydrogen-bond acceptors (Lipinski definition) is 7. The Bertz CT molecular complexity index is 472. The highest BCUT2D eigenvalue weighted by atomic mass is 16.6. The molecule has 0 spiro atoms. The molecule has 0 heterocycles. The van der Waals surface area contributed by atoms with Crippen molar-refractivity contribution < 1.29 is 33.3 Å². The number of rotatable bonds is 21. The Morgan fingerprint density at radius 1 is 0.867 bits per heavy atom. The van der Waals surface area contributed by atoms with Crippen LogP contribution in [0.3, 0.4) is 0 Å². The molecule has 0 aliphatic heterocycles. The topological polar surface area (TPSA) is 103 Å². The van der Waals surface area contributed by atoms with Crippen LogP contribution in [0.15, 0.2) is 12.2 Å². The molecule has 0 aromatic rings. The summed E-state index contributed by atoms with van der Waals surface area (Å²) in [6.45, 7) is 6.77. The van der Waals surface area contributed by atoms with Crippen molar-refractivity contribution in [2.24, 2.45) is 0 Å². The average molecular weight is 431 g/mol. The van der Waals surface area contributed by atoms with E-state index in [4.69, 9.17) is 18.9 Å². The number of amides is 2. The molecule has 0 aromatic heterocycles. The number of aldehydes is 1. The first-order valence-corrected chi connectivity index (χ1v) is 10.6. The lowest BCUT2D eigenvalue weighted by Gasteiger charge is -2.14. The molecule has 0 unspecified atom stereocenters. The molecule has 174 valence electrons. The zero-order chi connectivity index (χ0) is 22.3. The molecule has 0 bridgehead atoms. The SMILES string of the molecule is CCCCCNC(=O)CCOCCOCCOCCOCCN(C)C(=O)/C=C\C=O. The third-order valence-electron chi connectivity index (χ3n) is 3.96. The zero-order valence-corrected chi connectivity index (χ0v) is 18.4. The van der Waals surface area contributed by atoms with Crippen molar-refractivity contribution in [3.05, 3.63) is 12.2 Å². The first-order chi connectivity index (χ1) is 14.6. The first-order valence-electron chi connectivity index (χ1n) is 10.6. The molecule has 0 rings (SSSR count). The van der Waals surface area contributed by atoms with E-state index in [9.17, 15) is 14.4 Å². The molecular formula is C21H38N2O7. The van der Waals surface area contributed by atoms with E-state index in [2.05, 4.69) is 12.2 Å². The molecule has 0 atom stereocenters. The van der Waals surface area contributed by atoms with Crippen LogP contribution in [0.1, 0.15) is 32.6 Å². The predicted molar refractivity (Wildman–Crippen MR) is 113 cm³/mol. The lowest BCUT2D eigenvalue weighted by Crippen LogP contribution is -2.29. The molecule has 2 amide bonds. The third-order valence-corrected chi connectivity index (χ3v) is 3.96. The molecule has 0 saturated heterocycles. The summed E-state index contributed by atoms with van der Waals surface area (Å²) in [6, 6.07) is 0. The minimum Gasteiger partial charge on any atom is -0.379 e. The van der Waals surface area contributed by atoms with Gasteiger partial charge < -0.3 is 29.2 Å². The fraction of sp³-hybridized carbons (Fsp3) is 0.762. The summed E-state index contributed by atoms with van der Waals surface area (Å²) in [4.78, 5) is 34.7. The molecule has 1 N–H and O–H groups in total. The molecule has 0 fully saturated rings. The van der Waals surface area contributed by atoms with Gasteiger partial charge in [-0.2, -0.15) is 0 Å². The van der Waals surface area contributed by atoms with Gasteiger partial charge in [-0.3, -0.25) is 14.4 Å². The zero-order valence-electron chi connectivity index (χ0n) is 18.4. The van der Waals surface area contributed by atoms with Crippen LogP contribution in [0, 0.1) is 0 Å². The Kier molecular flexibility index (Phi) is 20.6. The lowest BCUT2D eigenvalue weighted by atomic mass is 10.2. The van der Waals surface area contributed by atoms with E-state index < -0.39 is 0 Å². The van der Waals surface area contributed by atoms with Gasteiger partial charge in [-0.25, -0.2) is 0 Å². The van der Waals surface area contributed by atoms with Crippen LogP contribution in [0.4, 0.5) is 0 Å². The second-order valence-electron chi connectivity index (χ2n) is 6.51. The van der Waals surface area contributed by atoms with E-state index in [0.717, 1.165) is 31.9 Å². The Morgan fingerprint density at radius 2 is 1.43 bits per heavy atom. The van der Waals surface area contributed by atoms with Crippen molar-refractivity contribution in [2.75, 3.05) is 73.0 Å². The summed E-state index contributed by atoms with van der Waals surface area (Å²) < 4.78 is 21.5. The average Bonchev–Trinajstić information content (AvgIpc) is 2.75. The Hall–Kier alpha value is -1.81. The van der Waals surface area contributed by atoms with E-state index in [-0.39, 0.29) is 11.8 Å². The Balaban J connectivity index is 3.28. The van der Waals surface area contributed by atoms with Gasteiger partial charge in [-0.1, -0.05) is 19.8 Å². The number of hydrogen-bond donors (Lipinski definition) is 1. The predicted octanol–water partition coefficient (Wildman–Crippen LogP) is 0.963. The molecule has 0 saturated carbocycles. The minimum absolute atomic E-state index is 0.0237. The van der Waals surface area contributed by atoms with Crippen molar-refractivity contribution in [1.82, 2.24) is 10.2 Å². The number of likely N-dealkylation sites (N-methyl/N-ethyl adjacent to an activating group) is 1. The van der Waals surface area contributed by atoms with E-state index in [0.29, 0.717) is 72.1 Å². The molecule has 9 heteroatoms. The summed E-state index contributed by atoms with van der Waals surface area (Å²) in [5.41, 5.74) is 0. The van der Waals surface area contributed by atoms with E-state index >= 15 is 0 Å². The van der Waals surface area contributed by atoms with Crippen molar-refractivity contribution in [1.29, 1.82) is 0 Å². The summed E-state index contributed by atoms with van der Waals surface area (Å²) in [5.74, 6) is -0.218. The Morgan fingerprint density at radius 3 is 2.00 bits per heavy atom. The monoisotopic (exact) mass is 430 g/mol. The van der Waals surface area contributed by atoms with Crippen LogP contribution in [-0.4, -0.2) is 96.0 Å². The van der Waals surface area contributed by atoms with Gasteiger partial charge in [0.25, 0.3) is 0 Å². The van der Waals surface area contributed by atoms with E-state index in [1.165, 1.54) is 11.0 Å². The summed E-state index contributed by atoms with van der Waals surface area (Å²) in [6.07, 6.45) is 6.60. The van der Waals surface area contributed by atoms with Gasteiger partial charge in [0.1, 0.15) is 6.29 Å². The van der Waals surface area contributed by atoms with Crippen LogP contribution in [0.25, 0.3) is 0 Å². The van der Waals surface area contributed by atoms with Crippen LogP contribution in [-0.2, 0) is 33.3 Å². The highest BCUT2D eigenvalue weighted by molar-refractivity contribution is 5.90. The normalized spacial score (nSPS) is 11.0. The maximum atomic E-state index is 11.5. The number of ether oxygens (including phenoxy) is 4. The summed E-state index contributed by atoms with van der Waals surface area (Å²) in [5, 5.41) is 2.87. The molecular weight excluding hydrogens is 392 g/mol. The van der Waals surface area contributed by atoms with Gasteiger partial charge in [0.05, 0.1) is 52.9 Å². The van der Waals surface area contributed by atoms with Crippen LogP contribution >= 0.6 is 0 Å². The van der Waals surface area contributed by atoms with Crippen molar-refractivity contribution in [3.63, 3.8) is 0 Å². The van der Waals surface area contributed by atoms with Gasteiger partial charge in [0.2, 0.25) is 11.8 Å². The quantitative estimate of drug-likeness (QED) is 0.164. The number of unbranched alkanes of at least 4 members (excludes halogenated alkanes) is 2. The fourth-order valence-electron chi connectivity index (χ4n) is 2.18. The van der Waals surface area contributed by atoms with Crippen LogP contribution < -0.4 is 5.32 Å². The third kappa shape index (κ3) is 19.5. The van der Waals surface area contributed by atoms with Gasteiger partial charge in [0.15, 0.2) is 0 Å². The molecule has 0 aliphatic rings. The van der Waals surface area contributed by atoms with Crippen molar-refractivity contribution in [2.45, 2.75) is 32.6 Å². The minimum atomic E-state index is -0.242. The molecule has 9 nitrogen and oxygen atoms in total. The maximum absolute atomic E-state index is 11.5. The first kappa shape index (κ1) is 28.2. The second kappa shape index (κ2) is 21.9. The summed E-state index contributed by atoms with van der Waals surface area (Å²) in [7, 11) is 1.64. The van der Waals surface area contributed by atoms with E-state index in [1.807, 2.05) is 0 Å². The number of nitrogens with one attached hydrogen (secondary N) is 1. The smallest absolute Gasteiger partial charge is 0.246 e. The highest BCUT2D eigenvalue weighted by Crippen LogP contribution is 1.92. The second-order valence-corrected chi connectivity index (χ2v) is 6.51. The number of carbonyl (C=O) groups is 3. The maximum Gasteiger partial charge on any atom is 0.246 e.